The normalized spacial score (nSPS) is 14.1. The van der Waals surface area contributed by atoms with Crippen molar-refractivity contribution >= 4 is 19.7 Å². The Kier molecular flexibility index (Phi) is 3.79. The highest BCUT2D eigenvalue weighted by Gasteiger charge is 2.26. The van der Waals surface area contributed by atoms with Crippen LogP contribution in [0.4, 0.5) is 0 Å². The minimum atomic E-state index is -1.09. The maximum absolute atomic E-state index is 5.89. The largest absolute Gasteiger partial charge is 0.0843 e. The van der Waals surface area contributed by atoms with Crippen LogP contribution in [0, 0.1) is 0 Å². The standard InChI is InChI=1S/C12H19ClSi/c1-5-12(14(2,3)4)10-6-8-11(13)9-7-10/h6-9,12H,5H2,1-4H3. The molecule has 1 atom stereocenters. The Morgan fingerprint density at radius 1 is 1.14 bits per heavy atom. The Balaban J connectivity index is 2.96. The molecule has 0 bridgehead atoms. The monoisotopic (exact) mass is 226 g/mol. The van der Waals surface area contributed by atoms with E-state index < -0.39 is 8.07 Å². The fraction of sp³-hybridized carbons (Fsp3) is 0.500. The Morgan fingerprint density at radius 2 is 1.64 bits per heavy atom. The second kappa shape index (κ2) is 4.50. The van der Waals surface area contributed by atoms with Gasteiger partial charge < -0.3 is 0 Å². The van der Waals surface area contributed by atoms with Gasteiger partial charge in [-0.15, -0.1) is 0 Å². The molecule has 14 heavy (non-hydrogen) atoms. The van der Waals surface area contributed by atoms with E-state index in [1.165, 1.54) is 12.0 Å². The predicted octanol–water partition coefficient (Wildman–Crippen LogP) is 4.71. The average molecular weight is 227 g/mol. The van der Waals surface area contributed by atoms with Crippen molar-refractivity contribution in [3.63, 3.8) is 0 Å². The summed E-state index contributed by atoms with van der Waals surface area (Å²) in [6, 6.07) is 8.35. The number of rotatable bonds is 3. The van der Waals surface area contributed by atoms with E-state index in [0.29, 0.717) is 0 Å². The van der Waals surface area contributed by atoms with E-state index in [4.69, 9.17) is 11.6 Å². The second-order valence-corrected chi connectivity index (χ2v) is 10.7. The van der Waals surface area contributed by atoms with E-state index in [0.717, 1.165) is 10.6 Å². The van der Waals surface area contributed by atoms with Crippen LogP contribution >= 0.6 is 11.6 Å². The smallest absolute Gasteiger partial charge is 0.0521 e. The summed E-state index contributed by atoms with van der Waals surface area (Å²) < 4.78 is 0. The molecule has 0 amide bonds. The Bertz CT molecular complexity index is 284. The summed E-state index contributed by atoms with van der Waals surface area (Å²) in [4.78, 5) is 0. The summed E-state index contributed by atoms with van der Waals surface area (Å²) in [6.45, 7) is 9.55. The Labute approximate surface area is 93.3 Å². The molecule has 0 aliphatic heterocycles. The summed E-state index contributed by atoms with van der Waals surface area (Å²) in [5, 5.41) is 0.833. The van der Waals surface area contributed by atoms with Crippen LogP contribution in [0.5, 0.6) is 0 Å². The molecular weight excluding hydrogens is 208 g/mol. The van der Waals surface area contributed by atoms with Gasteiger partial charge in [0, 0.05) is 5.02 Å². The molecular formula is C12H19ClSi. The predicted molar refractivity (Wildman–Crippen MR) is 67.8 cm³/mol. The SMILES string of the molecule is CCC(c1ccc(Cl)cc1)[Si](C)(C)C. The molecule has 0 aliphatic carbocycles. The number of hydrogen-bond acceptors (Lipinski definition) is 0. The van der Waals surface area contributed by atoms with E-state index in [9.17, 15) is 0 Å². The van der Waals surface area contributed by atoms with Crippen LogP contribution in [0.1, 0.15) is 24.4 Å². The lowest BCUT2D eigenvalue weighted by molar-refractivity contribution is 0.845. The van der Waals surface area contributed by atoms with Crippen LogP contribution < -0.4 is 0 Å². The van der Waals surface area contributed by atoms with Gasteiger partial charge in [0.1, 0.15) is 0 Å². The van der Waals surface area contributed by atoms with Crippen molar-refractivity contribution in [3.05, 3.63) is 34.9 Å². The van der Waals surface area contributed by atoms with Crippen LogP contribution in [0.25, 0.3) is 0 Å². The minimum Gasteiger partial charge on any atom is -0.0843 e. The molecule has 0 fully saturated rings. The molecule has 0 N–H and O–H groups in total. The van der Waals surface area contributed by atoms with Gasteiger partial charge in [-0.2, -0.15) is 0 Å². The zero-order valence-corrected chi connectivity index (χ0v) is 11.2. The van der Waals surface area contributed by atoms with Crippen LogP contribution in [0.15, 0.2) is 24.3 Å². The molecule has 2 heteroatoms. The zero-order valence-electron chi connectivity index (χ0n) is 9.47. The third-order valence-electron chi connectivity index (χ3n) is 2.73. The molecule has 0 radical (unpaired) electrons. The van der Waals surface area contributed by atoms with E-state index in [1.54, 1.807) is 0 Å². The van der Waals surface area contributed by atoms with Gasteiger partial charge in [0.05, 0.1) is 8.07 Å². The van der Waals surface area contributed by atoms with Crippen molar-refractivity contribution in [3.8, 4) is 0 Å². The van der Waals surface area contributed by atoms with Crippen LogP contribution in [0.2, 0.25) is 24.7 Å². The van der Waals surface area contributed by atoms with Crippen molar-refractivity contribution in [1.82, 2.24) is 0 Å². The first-order valence-corrected chi connectivity index (χ1v) is 9.16. The summed E-state index contributed by atoms with van der Waals surface area (Å²) in [5.41, 5.74) is 2.20. The molecule has 78 valence electrons. The summed E-state index contributed by atoms with van der Waals surface area (Å²) in [5.74, 6) is 0. The molecule has 0 aliphatic rings. The highest BCUT2D eigenvalue weighted by molar-refractivity contribution is 6.77. The molecule has 0 saturated carbocycles. The topological polar surface area (TPSA) is 0 Å². The highest BCUT2D eigenvalue weighted by atomic mass is 35.5. The van der Waals surface area contributed by atoms with Gasteiger partial charge in [0.2, 0.25) is 0 Å². The molecule has 0 nitrogen and oxygen atoms in total. The van der Waals surface area contributed by atoms with Gasteiger partial charge in [0.25, 0.3) is 0 Å². The van der Waals surface area contributed by atoms with Crippen molar-refractivity contribution in [2.75, 3.05) is 0 Å². The summed E-state index contributed by atoms with van der Waals surface area (Å²) in [7, 11) is -1.09. The van der Waals surface area contributed by atoms with Crippen molar-refractivity contribution < 1.29 is 0 Å². The maximum atomic E-state index is 5.89. The summed E-state index contributed by atoms with van der Waals surface area (Å²) in [6.07, 6.45) is 1.23. The first kappa shape index (κ1) is 11.8. The minimum absolute atomic E-state index is 0.750. The van der Waals surface area contributed by atoms with Gasteiger partial charge in [-0.3, -0.25) is 0 Å². The molecule has 1 rings (SSSR count). The van der Waals surface area contributed by atoms with E-state index in [1.807, 2.05) is 12.1 Å². The van der Waals surface area contributed by atoms with Crippen LogP contribution in [-0.4, -0.2) is 8.07 Å². The van der Waals surface area contributed by atoms with E-state index >= 15 is 0 Å². The quantitative estimate of drug-likeness (QED) is 0.655. The third kappa shape index (κ3) is 2.86. The lowest BCUT2D eigenvalue weighted by atomic mass is 10.1. The lowest BCUT2D eigenvalue weighted by Crippen LogP contribution is -2.30. The molecule has 0 aromatic heterocycles. The lowest BCUT2D eigenvalue weighted by Gasteiger charge is -2.28. The molecule has 1 unspecified atom stereocenters. The van der Waals surface area contributed by atoms with Crippen molar-refractivity contribution in [1.29, 1.82) is 0 Å². The molecule has 0 heterocycles. The van der Waals surface area contributed by atoms with Gasteiger partial charge in [-0.1, -0.05) is 56.7 Å². The summed E-state index contributed by atoms with van der Waals surface area (Å²) >= 11 is 5.89. The van der Waals surface area contributed by atoms with Crippen LogP contribution in [-0.2, 0) is 0 Å². The van der Waals surface area contributed by atoms with Gasteiger partial charge in [-0.25, -0.2) is 0 Å². The van der Waals surface area contributed by atoms with E-state index in [-0.39, 0.29) is 0 Å². The highest BCUT2D eigenvalue weighted by Crippen LogP contribution is 2.30. The molecule has 0 spiro atoms. The number of halogens is 1. The van der Waals surface area contributed by atoms with Crippen molar-refractivity contribution in [2.45, 2.75) is 38.5 Å². The van der Waals surface area contributed by atoms with Crippen molar-refractivity contribution in [2.24, 2.45) is 0 Å². The third-order valence-corrected chi connectivity index (χ3v) is 5.81. The van der Waals surface area contributed by atoms with Gasteiger partial charge in [-0.05, 0) is 23.2 Å². The fourth-order valence-corrected chi connectivity index (χ4v) is 4.59. The maximum Gasteiger partial charge on any atom is 0.0521 e. The Morgan fingerprint density at radius 3 is 2.00 bits per heavy atom. The van der Waals surface area contributed by atoms with E-state index in [2.05, 4.69) is 38.7 Å². The van der Waals surface area contributed by atoms with Gasteiger partial charge in [0.15, 0.2) is 0 Å². The first-order chi connectivity index (χ1) is 6.45. The Hall–Kier alpha value is -0.273. The first-order valence-electron chi connectivity index (χ1n) is 5.20. The molecule has 1 aromatic rings. The van der Waals surface area contributed by atoms with Gasteiger partial charge >= 0.3 is 0 Å². The number of hydrogen-bond donors (Lipinski definition) is 0. The fourth-order valence-electron chi connectivity index (χ4n) is 2.04. The molecule has 0 saturated heterocycles. The van der Waals surface area contributed by atoms with Crippen LogP contribution in [0.3, 0.4) is 0 Å². The second-order valence-electron chi connectivity index (χ2n) is 4.88. The molecule has 1 aromatic carbocycles. The zero-order chi connectivity index (χ0) is 10.8. The average Bonchev–Trinajstić information content (AvgIpc) is 2.07. The number of benzene rings is 1.